The molecule has 0 saturated carbocycles. The molecule has 1 aliphatic carbocycles. The van der Waals surface area contributed by atoms with Crippen molar-refractivity contribution in [3.63, 3.8) is 0 Å². The lowest BCUT2D eigenvalue weighted by atomic mass is 9.89. The summed E-state index contributed by atoms with van der Waals surface area (Å²) in [5.41, 5.74) is 6.24. The molecule has 3 N–H and O–H groups in total. The highest BCUT2D eigenvalue weighted by Crippen LogP contribution is 2.21. The summed E-state index contributed by atoms with van der Waals surface area (Å²) >= 11 is 0. The van der Waals surface area contributed by atoms with Gasteiger partial charge in [-0.15, -0.1) is 0 Å². The van der Waals surface area contributed by atoms with Crippen molar-refractivity contribution in [3.05, 3.63) is 23.8 Å². The zero-order chi connectivity index (χ0) is 13.7. The minimum atomic E-state index is -1.04. The topological polar surface area (TPSA) is 97.5 Å². The molecule has 2 unspecified atom stereocenters. The Morgan fingerprint density at radius 3 is 2.61 bits per heavy atom. The fourth-order valence-corrected chi connectivity index (χ4v) is 1.77. The van der Waals surface area contributed by atoms with Crippen molar-refractivity contribution in [2.24, 2.45) is 11.7 Å². The molecule has 0 fully saturated rings. The molecule has 0 bridgehead atoms. The van der Waals surface area contributed by atoms with Gasteiger partial charge in [-0.05, 0) is 19.8 Å². The second-order valence-electron chi connectivity index (χ2n) is 4.47. The summed E-state index contributed by atoms with van der Waals surface area (Å²) in [4.78, 5) is 33.1. The monoisotopic (exact) mass is 251 g/mol. The summed E-state index contributed by atoms with van der Waals surface area (Å²) in [6, 6.07) is -0.926. The molecule has 2 atom stereocenters. The van der Waals surface area contributed by atoms with Crippen LogP contribution in [0.15, 0.2) is 23.8 Å². The number of Topliss-reactive ketones (excluding diaryl/α,β-unsaturated/α-hetero) is 2. The molecule has 0 aromatic rings. The minimum Gasteiger partial charge on any atom is -0.480 e. The molecule has 98 valence electrons. The van der Waals surface area contributed by atoms with Crippen LogP contribution in [-0.2, 0) is 14.4 Å². The molecular weight excluding hydrogens is 234 g/mol. The normalized spacial score (nSPS) is 20.1. The number of aliphatic carboxylic acids is 1. The predicted octanol–water partition coefficient (Wildman–Crippen LogP) is 0.839. The largest absolute Gasteiger partial charge is 0.480 e. The van der Waals surface area contributed by atoms with Crippen molar-refractivity contribution < 1.29 is 19.5 Å². The van der Waals surface area contributed by atoms with Crippen molar-refractivity contribution in [2.45, 2.75) is 32.2 Å². The first-order valence-corrected chi connectivity index (χ1v) is 5.78. The zero-order valence-electron chi connectivity index (χ0n) is 10.3. The molecule has 0 saturated heterocycles. The third-order valence-electron chi connectivity index (χ3n) is 2.79. The molecule has 0 heterocycles. The van der Waals surface area contributed by atoms with Gasteiger partial charge in [0.15, 0.2) is 0 Å². The maximum Gasteiger partial charge on any atom is 0.320 e. The predicted molar refractivity (Wildman–Crippen MR) is 65.9 cm³/mol. The van der Waals surface area contributed by atoms with Crippen LogP contribution in [0.3, 0.4) is 0 Å². The van der Waals surface area contributed by atoms with Gasteiger partial charge in [0.05, 0.1) is 6.42 Å². The van der Waals surface area contributed by atoms with Crippen LogP contribution in [0.2, 0.25) is 0 Å². The average Bonchev–Trinajstić information content (AvgIpc) is 2.28. The van der Waals surface area contributed by atoms with Crippen LogP contribution < -0.4 is 5.73 Å². The van der Waals surface area contributed by atoms with Gasteiger partial charge in [-0.2, -0.15) is 0 Å². The molecule has 1 rings (SSSR count). The van der Waals surface area contributed by atoms with Crippen molar-refractivity contribution in [3.8, 4) is 0 Å². The summed E-state index contributed by atoms with van der Waals surface area (Å²) in [5, 5.41) is 8.68. The van der Waals surface area contributed by atoms with Crippen molar-refractivity contribution >= 4 is 17.5 Å². The smallest absolute Gasteiger partial charge is 0.320 e. The summed E-state index contributed by atoms with van der Waals surface area (Å²) < 4.78 is 0. The maximum absolute atomic E-state index is 11.6. The highest BCUT2D eigenvalue weighted by Gasteiger charge is 2.20. The van der Waals surface area contributed by atoms with E-state index in [1.54, 1.807) is 12.2 Å². The average molecular weight is 251 g/mol. The van der Waals surface area contributed by atoms with Gasteiger partial charge in [-0.1, -0.05) is 23.8 Å². The van der Waals surface area contributed by atoms with E-state index in [4.69, 9.17) is 10.8 Å². The van der Waals surface area contributed by atoms with Gasteiger partial charge in [-0.3, -0.25) is 14.4 Å². The Morgan fingerprint density at radius 2 is 2.17 bits per heavy atom. The van der Waals surface area contributed by atoms with Gasteiger partial charge in [0.1, 0.15) is 17.6 Å². The Hall–Kier alpha value is -1.75. The van der Waals surface area contributed by atoms with Crippen molar-refractivity contribution in [2.75, 3.05) is 0 Å². The molecule has 0 spiro atoms. The van der Waals surface area contributed by atoms with E-state index in [1.807, 2.05) is 6.08 Å². The number of carbonyl (C=O) groups excluding carboxylic acids is 2. The summed E-state index contributed by atoms with van der Waals surface area (Å²) in [5.74, 6) is -1.56. The highest BCUT2D eigenvalue weighted by molar-refractivity contribution is 5.99. The number of hydrogen-bond donors (Lipinski definition) is 2. The number of hydrogen-bond acceptors (Lipinski definition) is 4. The summed E-state index contributed by atoms with van der Waals surface area (Å²) in [7, 11) is 0. The Morgan fingerprint density at radius 1 is 1.50 bits per heavy atom. The van der Waals surface area contributed by atoms with Crippen molar-refractivity contribution in [1.29, 1.82) is 0 Å². The molecule has 5 heteroatoms. The molecule has 5 nitrogen and oxygen atoms in total. The van der Waals surface area contributed by atoms with Gasteiger partial charge in [0.2, 0.25) is 0 Å². The van der Waals surface area contributed by atoms with E-state index in [1.165, 1.54) is 6.92 Å². The fourth-order valence-electron chi connectivity index (χ4n) is 1.77. The van der Waals surface area contributed by atoms with Gasteiger partial charge in [0.25, 0.3) is 0 Å². The number of carboxylic acid groups (broad SMARTS) is 1. The van der Waals surface area contributed by atoms with E-state index < -0.39 is 12.0 Å². The quantitative estimate of drug-likeness (QED) is 0.682. The molecule has 1 aliphatic rings. The third-order valence-corrected chi connectivity index (χ3v) is 2.79. The van der Waals surface area contributed by atoms with E-state index >= 15 is 0 Å². The molecule has 0 aromatic carbocycles. The standard InChI is InChI=1S/C13H17NO4/c1-8(15)6-12(16)10-4-2-9(3-5-10)7-11(14)13(17)18/h2-4,10-11H,5-7,14H2,1H3,(H,17,18). The maximum atomic E-state index is 11.6. The number of carboxylic acids is 1. The second-order valence-corrected chi connectivity index (χ2v) is 4.47. The van der Waals surface area contributed by atoms with Crippen molar-refractivity contribution in [1.82, 2.24) is 0 Å². The van der Waals surface area contributed by atoms with Crippen LogP contribution in [0.4, 0.5) is 0 Å². The first kappa shape index (κ1) is 14.3. The number of allylic oxidation sites excluding steroid dienone is 3. The summed E-state index contributed by atoms with van der Waals surface area (Å²) in [6.45, 7) is 1.39. The number of carbonyl (C=O) groups is 3. The Kier molecular flexibility index (Phi) is 4.97. The first-order chi connectivity index (χ1) is 8.40. The van der Waals surface area contributed by atoms with Crippen LogP contribution in [0.1, 0.15) is 26.2 Å². The van der Waals surface area contributed by atoms with Gasteiger partial charge >= 0.3 is 5.97 Å². The van der Waals surface area contributed by atoms with E-state index in [2.05, 4.69) is 0 Å². The van der Waals surface area contributed by atoms with E-state index in [0.717, 1.165) is 5.57 Å². The van der Waals surface area contributed by atoms with Gasteiger partial charge in [-0.25, -0.2) is 0 Å². The highest BCUT2D eigenvalue weighted by atomic mass is 16.4. The van der Waals surface area contributed by atoms with Crippen LogP contribution in [0.5, 0.6) is 0 Å². The van der Waals surface area contributed by atoms with Gasteiger partial charge in [0, 0.05) is 5.92 Å². The Labute approximate surface area is 105 Å². The fraction of sp³-hybridized carbons (Fsp3) is 0.462. The molecule has 0 aromatic heterocycles. The Bertz CT molecular complexity index is 423. The van der Waals surface area contributed by atoms with Crippen LogP contribution in [0.25, 0.3) is 0 Å². The van der Waals surface area contributed by atoms with Crippen LogP contribution >= 0.6 is 0 Å². The molecule has 18 heavy (non-hydrogen) atoms. The number of ketones is 2. The molecule has 0 aliphatic heterocycles. The zero-order valence-corrected chi connectivity index (χ0v) is 10.3. The second kappa shape index (κ2) is 6.26. The van der Waals surface area contributed by atoms with Crippen LogP contribution in [0, 0.1) is 5.92 Å². The summed E-state index contributed by atoms with van der Waals surface area (Å²) in [6.07, 6.45) is 5.95. The van der Waals surface area contributed by atoms with Gasteiger partial charge < -0.3 is 10.8 Å². The lowest BCUT2D eigenvalue weighted by Gasteiger charge is -2.15. The molecule has 0 amide bonds. The number of rotatable bonds is 6. The Balaban J connectivity index is 2.51. The first-order valence-electron chi connectivity index (χ1n) is 5.78. The lowest BCUT2D eigenvalue weighted by molar-refractivity contribution is -0.138. The third kappa shape index (κ3) is 4.25. The number of nitrogens with two attached hydrogens (primary N) is 1. The van der Waals surface area contributed by atoms with E-state index in [-0.39, 0.29) is 30.3 Å². The minimum absolute atomic E-state index is 0.0488. The van der Waals surface area contributed by atoms with E-state index in [0.29, 0.717) is 6.42 Å². The SMILES string of the molecule is CC(=O)CC(=O)C1C=CC(CC(N)C(=O)O)=CC1. The molecule has 0 radical (unpaired) electrons. The molecular formula is C13H17NO4. The van der Waals surface area contributed by atoms with E-state index in [9.17, 15) is 14.4 Å². The van der Waals surface area contributed by atoms with Crippen LogP contribution in [-0.4, -0.2) is 28.7 Å². The lowest BCUT2D eigenvalue weighted by Crippen LogP contribution is -2.30.